The van der Waals surface area contributed by atoms with Crippen molar-refractivity contribution in [3.05, 3.63) is 36.8 Å². The summed E-state index contributed by atoms with van der Waals surface area (Å²) >= 11 is 0. The summed E-state index contributed by atoms with van der Waals surface area (Å²) in [5.74, 6) is 1.10. The van der Waals surface area contributed by atoms with Crippen molar-refractivity contribution in [3.8, 4) is 0 Å². The van der Waals surface area contributed by atoms with Crippen molar-refractivity contribution in [2.24, 2.45) is 0 Å². The Balaban J connectivity index is 0.00000171. The number of hydrogen-bond acceptors (Lipinski definition) is 12. The maximum absolute atomic E-state index is 10.6. The van der Waals surface area contributed by atoms with E-state index in [4.69, 9.17) is 9.15 Å². The first kappa shape index (κ1) is 26.9. The van der Waals surface area contributed by atoms with Crippen LogP contribution in [-0.4, -0.2) is 54.7 Å². The first-order valence-corrected chi connectivity index (χ1v) is 9.91. The number of phosphoric acid groups is 1. The molecule has 31 heavy (non-hydrogen) atoms. The van der Waals surface area contributed by atoms with Crippen LogP contribution in [0.25, 0.3) is 11.2 Å². The fourth-order valence-corrected chi connectivity index (χ4v) is 3.34. The minimum atomic E-state index is -5.25. The van der Waals surface area contributed by atoms with Gasteiger partial charge in [0.2, 0.25) is 0 Å². The number of aliphatic hydroxyl groups is 2. The number of anilines is 1. The predicted molar refractivity (Wildman–Crippen MR) is 90.8 cm³/mol. The molecule has 0 aromatic carbocycles. The summed E-state index contributed by atoms with van der Waals surface area (Å²) in [7, 11) is -5.25. The Morgan fingerprint density at radius 2 is 2.00 bits per heavy atom. The fraction of sp³-hybridized carbons (Fsp3) is 0.400. The van der Waals surface area contributed by atoms with E-state index in [-0.39, 0.29) is 59.1 Å². The Kier molecular flexibility index (Phi) is 9.68. The quantitative estimate of drug-likeness (QED) is 0.218. The summed E-state index contributed by atoms with van der Waals surface area (Å²) in [5.41, 5.74) is 0.686. The van der Waals surface area contributed by atoms with Crippen LogP contribution >= 0.6 is 7.82 Å². The molecule has 13 nitrogen and oxygen atoms in total. The van der Waals surface area contributed by atoms with Gasteiger partial charge < -0.3 is 43.6 Å². The zero-order chi connectivity index (χ0) is 20.6. The van der Waals surface area contributed by atoms with Gasteiger partial charge in [-0.15, -0.1) is 0 Å². The number of aromatic nitrogens is 4. The topological polar surface area (TPSA) is 191 Å². The minimum absolute atomic E-state index is 0. The second-order valence-electron chi connectivity index (χ2n) is 6.27. The van der Waals surface area contributed by atoms with E-state index in [9.17, 15) is 24.6 Å². The molecule has 156 valence electrons. The average Bonchev–Trinajstić information content (AvgIpc) is 3.39. The van der Waals surface area contributed by atoms with Crippen molar-refractivity contribution in [1.82, 2.24) is 19.5 Å². The van der Waals surface area contributed by atoms with Crippen LogP contribution in [0.15, 0.2) is 35.5 Å². The molecule has 1 fully saturated rings. The number of fused-ring (bicyclic) bond motifs is 1. The van der Waals surface area contributed by atoms with E-state index >= 15 is 0 Å². The van der Waals surface area contributed by atoms with Crippen LogP contribution in [0.5, 0.6) is 0 Å². The van der Waals surface area contributed by atoms with Gasteiger partial charge in [-0.05, 0) is 12.1 Å². The van der Waals surface area contributed by atoms with Gasteiger partial charge in [-0.25, -0.2) is 15.0 Å². The Morgan fingerprint density at radius 3 is 2.68 bits per heavy atom. The van der Waals surface area contributed by atoms with Crippen LogP contribution in [-0.2, 0) is 20.4 Å². The SMILES string of the molecule is O=P([O-])([O-])OC[C@H]1O[C@@H](n2cnc3c(NCc4ccco4)ncnc32)[C@@H](O)[C@H]1O.[Na+].[Na+]. The largest absolute Gasteiger partial charge is 1.00 e. The van der Waals surface area contributed by atoms with Crippen molar-refractivity contribution in [2.45, 2.75) is 31.1 Å². The van der Waals surface area contributed by atoms with Gasteiger partial charge in [0.05, 0.1) is 33.6 Å². The molecule has 0 unspecified atom stereocenters. The molecule has 4 rings (SSSR count). The molecule has 0 amide bonds. The van der Waals surface area contributed by atoms with E-state index < -0.39 is 39.0 Å². The monoisotopic (exact) mass is 471 g/mol. The summed E-state index contributed by atoms with van der Waals surface area (Å²) in [4.78, 5) is 33.8. The Labute approximate surface area is 220 Å². The van der Waals surface area contributed by atoms with Crippen LogP contribution in [0.1, 0.15) is 12.0 Å². The van der Waals surface area contributed by atoms with Crippen molar-refractivity contribution < 1.29 is 97.4 Å². The Bertz CT molecular complexity index is 1030. The number of phosphoric ester groups is 1. The van der Waals surface area contributed by atoms with E-state index in [0.29, 0.717) is 29.3 Å². The van der Waals surface area contributed by atoms with Gasteiger partial charge >= 0.3 is 59.1 Å². The van der Waals surface area contributed by atoms with Crippen molar-refractivity contribution in [1.29, 1.82) is 0 Å². The van der Waals surface area contributed by atoms with Crippen LogP contribution in [0.2, 0.25) is 0 Å². The Morgan fingerprint density at radius 1 is 1.23 bits per heavy atom. The summed E-state index contributed by atoms with van der Waals surface area (Å²) in [6.45, 7) is -0.367. The van der Waals surface area contributed by atoms with Gasteiger partial charge in [-0.1, -0.05) is 0 Å². The number of ether oxygens (including phenoxy) is 1. The maximum Gasteiger partial charge on any atom is 1.00 e. The molecule has 3 aromatic rings. The Hall–Kier alpha value is -0.380. The van der Waals surface area contributed by atoms with Crippen LogP contribution in [0, 0.1) is 0 Å². The molecule has 4 atom stereocenters. The number of nitrogens with one attached hydrogen (secondary N) is 1. The summed E-state index contributed by atoms with van der Waals surface area (Å²) in [6, 6.07) is 3.54. The number of furan rings is 1. The third-order valence-electron chi connectivity index (χ3n) is 4.38. The molecule has 1 aliphatic rings. The molecule has 3 N–H and O–H groups in total. The van der Waals surface area contributed by atoms with Gasteiger partial charge in [-0.2, -0.15) is 0 Å². The summed E-state index contributed by atoms with van der Waals surface area (Å²) < 4.78 is 26.9. The molecular formula is C15H16N5Na2O8P. The molecule has 0 spiro atoms. The number of rotatable bonds is 7. The molecule has 0 aliphatic carbocycles. The van der Waals surface area contributed by atoms with E-state index in [2.05, 4.69) is 24.8 Å². The van der Waals surface area contributed by atoms with E-state index in [1.165, 1.54) is 17.2 Å². The van der Waals surface area contributed by atoms with E-state index in [1.807, 2.05) is 0 Å². The van der Waals surface area contributed by atoms with Crippen molar-refractivity contribution in [2.75, 3.05) is 11.9 Å². The normalized spacial score (nSPS) is 23.4. The maximum atomic E-state index is 10.6. The zero-order valence-corrected chi connectivity index (χ0v) is 21.6. The molecule has 1 aliphatic heterocycles. The van der Waals surface area contributed by atoms with Crippen LogP contribution < -0.4 is 74.2 Å². The molecule has 1 saturated heterocycles. The van der Waals surface area contributed by atoms with E-state index in [1.54, 1.807) is 18.4 Å². The third kappa shape index (κ3) is 6.15. The van der Waals surface area contributed by atoms with E-state index in [0.717, 1.165) is 0 Å². The molecule has 3 aromatic heterocycles. The summed E-state index contributed by atoms with van der Waals surface area (Å²) in [5, 5.41) is 23.5. The van der Waals surface area contributed by atoms with Gasteiger partial charge in [0, 0.05) is 0 Å². The smallest absolute Gasteiger partial charge is 0.790 e. The zero-order valence-electron chi connectivity index (χ0n) is 16.7. The number of nitrogens with zero attached hydrogens (tertiary/aromatic N) is 4. The number of aliphatic hydroxyl groups excluding tert-OH is 2. The molecule has 0 radical (unpaired) electrons. The van der Waals surface area contributed by atoms with Gasteiger partial charge in [0.25, 0.3) is 0 Å². The predicted octanol–water partition coefficient (Wildman–Crippen LogP) is -7.50. The molecule has 4 heterocycles. The number of hydrogen-bond donors (Lipinski definition) is 3. The minimum Gasteiger partial charge on any atom is -0.790 e. The third-order valence-corrected chi connectivity index (χ3v) is 4.84. The van der Waals surface area contributed by atoms with Crippen molar-refractivity contribution in [3.63, 3.8) is 0 Å². The first-order chi connectivity index (χ1) is 13.8. The first-order valence-electron chi connectivity index (χ1n) is 8.45. The molecular weight excluding hydrogens is 455 g/mol. The number of imidazole rings is 1. The van der Waals surface area contributed by atoms with Crippen LogP contribution in [0.4, 0.5) is 5.82 Å². The summed E-state index contributed by atoms with van der Waals surface area (Å²) in [6.07, 6.45) is -1.11. The van der Waals surface area contributed by atoms with Crippen LogP contribution in [0.3, 0.4) is 0 Å². The van der Waals surface area contributed by atoms with Gasteiger partial charge in [-0.3, -0.25) is 4.57 Å². The average molecular weight is 471 g/mol. The van der Waals surface area contributed by atoms with Gasteiger partial charge in [0.1, 0.15) is 30.4 Å². The second kappa shape index (κ2) is 11.2. The molecule has 0 bridgehead atoms. The molecule has 0 saturated carbocycles. The standard InChI is InChI=1S/C15H18N5O8P.2Na/c21-11-9(5-27-29(23,24)25)28-15(12(11)22)20-7-19-10-13(17-6-18-14(10)20)16-4-8-2-1-3-26-8;;/h1-3,6-7,9,11-12,15,21-22H,4-5H2,(H,16,17,18)(H2,23,24,25);;/q;2*+1/p-2/t9-,11+,12+,15-;;/m1../s1. The fourth-order valence-electron chi connectivity index (χ4n) is 3.01. The molecule has 16 heteroatoms. The van der Waals surface area contributed by atoms with Gasteiger partial charge in [0.15, 0.2) is 23.2 Å². The van der Waals surface area contributed by atoms with Crippen molar-refractivity contribution >= 4 is 24.8 Å². The second-order valence-corrected chi connectivity index (χ2v) is 7.42.